The maximum Gasteiger partial charge on any atom is 0.199 e. The van der Waals surface area contributed by atoms with E-state index in [1.54, 1.807) is 36.4 Å². The Bertz CT molecular complexity index is 716. The number of hydrogen-bond acceptors (Lipinski definition) is 3. The lowest BCUT2D eigenvalue weighted by molar-refractivity contribution is 0.0146. The van der Waals surface area contributed by atoms with E-state index in [0.29, 0.717) is 5.56 Å². The van der Waals surface area contributed by atoms with Crippen molar-refractivity contribution >= 4 is 5.78 Å². The smallest absolute Gasteiger partial charge is 0.199 e. The summed E-state index contributed by atoms with van der Waals surface area (Å²) < 4.78 is 5.78. The van der Waals surface area contributed by atoms with Gasteiger partial charge in [0.1, 0.15) is 12.2 Å². The Morgan fingerprint density at radius 3 is 2.29 bits per heavy atom. The Morgan fingerprint density at radius 2 is 1.67 bits per heavy atom. The zero-order valence-electron chi connectivity index (χ0n) is 11.3. The van der Waals surface area contributed by atoms with E-state index in [4.69, 9.17) is 4.74 Å². The molecule has 2 aromatic carbocycles. The molecule has 102 valence electrons. The molecule has 2 aromatic rings. The van der Waals surface area contributed by atoms with Gasteiger partial charge in [-0.25, -0.2) is 0 Å². The molecule has 0 aromatic heterocycles. The van der Waals surface area contributed by atoms with Gasteiger partial charge in [-0.3, -0.25) is 4.79 Å². The molecule has 0 saturated heterocycles. The number of nitriles is 1. The maximum atomic E-state index is 12.4. The van der Waals surface area contributed by atoms with E-state index in [2.05, 4.69) is 6.07 Å². The molecule has 1 aliphatic heterocycles. The first-order chi connectivity index (χ1) is 10.2. The van der Waals surface area contributed by atoms with Crippen molar-refractivity contribution in [2.45, 2.75) is 11.7 Å². The number of rotatable bonds is 3. The Morgan fingerprint density at radius 1 is 1.05 bits per heavy atom. The third kappa shape index (κ3) is 2.37. The lowest BCUT2D eigenvalue weighted by Gasteiger charge is -2.21. The van der Waals surface area contributed by atoms with E-state index in [0.717, 1.165) is 5.56 Å². The van der Waals surface area contributed by atoms with Crippen molar-refractivity contribution in [3.8, 4) is 6.07 Å². The lowest BCUT2D eigenvalue weighted by atomic mass is 9.96. The molecule has 21 heavy (non-hydrogen) atoms. The van der Waals surface area contributed by atoms with Crippen LogP contribution in [0.2, 0.25) is 0 Å². The van der Waals surface area contributed by atoms with Gasteiger partial charge in [0.05, 0.1) is 0 Å². The summed E-state index contributed by atoms with van der Waals surface area (Å²) in [7, 11) is 0. The van der Waals surface area contributed by atoms with Crippen LogP contribution in [0.4, 0.5) is 0 Å². The van der Waals surface area contributed by atoms with Crippen molar-refractivity contribution < 1.29 is 9.53 Å². The highest BCUT2D eigenvalue weighted by atomic mass is 16.5. The minimum Gasteiger partial charge on any atom is -0.337 e. The average molecular weight is 275 g/mol. The van der Waals surface area contributed by atoms with Crippen LogP contribution in [0.5, 0.6) is 0 Å². The number of benzene rings is 2. The molecule has 0 N–H and O–H groups in total. The molecule has 3 nitrogen and oxygen atoms in total. The molecule has 0 spiro atoms. The number of ether oxygens (including phenoxy) is 1. The van der Waals surface area contributed by atoms with E-state index in [1.165, 1.54) is 0 Å². The van der Waals surface area contributed by atoms with Gasteiger partial charge in [-0.15, -0.1) is 0 Å². The second-order valence-electron chi connectivity index (χ2n) is 4.84. The molecular formula is C18H13NO2. The first kappa shape index (κ1) is 13.3. The number of hydrogen-bond donors (Lipinski definition) is 0. The van der Waals surface area contributed by atoms with E-state index in [-0.39, 0.29) is 5.78 Å². The highest BCUT2D eigenvalue weighted by molar-refractivity contribution is 6.01. The molecule has 0 saturated carbocycles. The van der Waals surface area contributed by atoms with Gasteiger partial charge >= 0.3 is 0 Å². The molecule has 1 heterocycles. The normalized spacial score (nSPS) is 23.7. The molecule has 0 bridgehead atoms. The van der Waals surface area contributed by atoms with Crippen LogP contribution in [0, 0.1) is 11.3 Å². The van der Waals surface area contributed by atoms with Gasteiger partial charge < -0.3 is 4.74 Å². The Labute approximate surface area is 123 Å². The zero-order chi connectivity index (χ0) is 14.7. The molecule has 0 aliphatic carbocycles. The predicted molar refractivity (Wildman–Crippen MR) is 78.5 cm³/mol. The molecule has 0 radical (unpaired) electrons. The Balaban J connectivity index is 1.87. The van der Waals surface area contributed by atoms with E-state index >= 15 is 0 Å². The van der Waals surface area contributed by atoms with Crippen LogP contribution < -0.4 is 0 Å². The summed E-state index contributed by atoms with van der Waals surface area (Å²) in [4.78, 5) is 12.4. The van der Waals surface area contributed by atoms with Crippen molar-refractivity contribution in [3.63, 3.8) is 0 Å². The lowest BCUT2D eigenvalue weighted by Crippen LogP contribution is -2.29. The first-order valence-electron chi connectivity index (χ1n) is 6.68. The van der Waals surface area contributed by atoms with E-state index in [1.807, 2.05) is 36.4 Å². The summed E-state index contributed by atoms with van der Waals surface area (Å²) in [5.74, 6) is -0.139. The van der Waals surface area contributed by atoms with Crippen molar-refractivity contribution in [1.29, 1.82) is 5.26 Å². The molecule has 1 aliphatic rings. The number of carbonyl (C=O) groups is 1. The van der Waals surface area contributed by atoms with Gasteiger partial charge in [0.25, 0.3) is 0 Å². The second-order valence-corrected chi connectivity index (χ2v) is 4.84. The standard InChI is InChI=1S/C18H13NO2/c19-13-18(15-9-5-2-6-10-15)12-11-16(21-18)17(20)14-7-3-1-4-8-14/h1-12,16H/t16-,18-/m0/s1. The molecule has 0 amide bonds. The monoisotopic (exact) mass is 275 g/mol. The summed E-state index contributed by atoms with van der Waals surface area (Å²) in [6.45, 7) is 0. The largest absolute Gasteiger partial charge is 0.337 e. The van der Waals surface area contributed by atoms with Crippen LogP contribution >= 0.6 is 0 Å². The summed E-state index contributed by atoms with van der Waals surface area (Å²) in [5.41, 5.74) is 0.122. The summed E-state index contributed by atoms with van der Waals surface area (Å²) >= 11 is 0. The molecule has 3 heteroatoms. The van der Waals surface area contributed by atoms with E-state index < -0.39 is 11.7 Å². The van der Waals surface area contributed by atoms with Gasteiger partial charge in [-0.2, -0.15) is 5.26 Å². The quantitative estimate of drug-likeness (QED) is 0.638. The van der Waals surface area contributed by atoms with Crippen LogP contribution in [-0.2, 0) is 10.3 Å². The maximum absolute atomic E-state index is 12.4. The van der Waals surface area contributed by atoms with E-state index in [9.17, 15) is 10.1 Å². The van der Waals surface area contributed by atoms with Crippen LogP contribution in [0.15, 0.2) is 72.8 Å². The fourth-order valence-electron chi connectivity index (χ4n) is 2.39. The second kappa shape index (κ2) is 5.35. The van der Waals surface area contributed by atoms with Crippen LogP contribution in [-0.4, -0.2) is 11.9 Å². The minimum atomic E-state index is -1.18. The van der Waals surface area contributed by atoms with Gasteiger partial charge in [-0.1, -0.05) is 60.7 Å². The Hall–Kier alpha value is -2.70. The van der Waals surface area contributed by atoms with Crippen molar-refractivity contribution in [3.05, 3.63) is 83.9 Å². The molecular weight excluding hydrogens is 262 g/mol. The Kier molecular flexibility index (Phi) is 3.39. The summed E-state index contributed by atoms with van der Waals surface area (Å²) in [6.07, 6.45) is 2.59. The highest BCUT2D eigenvalue weighted by Crippen LogP contribution is 2.34. The van der Waals surface area contributed by atoms with Crippen LogP contribution in [0.25, 0.3) is 0 Å². The third-order valence-corrected chi connectivity index (χ3v) is 3.50. The number of ketones is 1. The fourth-order valence-corrected chi connectivity index (χ4v) is 2.39. The van der Waals surface area contributed by atoms with Crippen LogP contribution in [0.3, 0.4) is 0 Å². The molecule has 2 atom stereocenters. The summed E-state index contributed by atoms with van der Waals surface area (Å²) in [6, 6.07) is 20.3. The van der Waals surface area contributed by atoms with Gasteiger partial charge in [0, 0.05) is 11.1 Å². The highest BCUT2D eigenvalue weighted by Gasteiger charge is 2.40. The van der Waals surface area contributed by atoms with Crippen LogP contribution in [0.1, 0.15) is 15.9 Å². The first-order valence-corrected chi connectivity index (χ1v) is 6.68. The minimum absolute atomic E-state index is 0.139. The topological polar surface area (TPSA) is 50.1 Å². The van der Waals surface area contributed by atoms with Crippen molar-refractivity contribution in [2.24, 2.45) is 0 Å². The predicted octanol–water partition coefficient (Wildman–Crippen LogP) is 3.24. The molecule has 0 unspecified atom stereocenters. The van der Waals surface area contributed by atoms with Crippen molar-refractivity contribution in [1.82, 2.24) is 0 Å². The molecule has 0 fully saturated rings. The van der Waals surface area contributed by atoms with Gasteiger partial charge in [-0.05, 0) is 12.2 Å². The third-order valence-electron chi connectivity index (χ3n) is 3.50. The van der Waals surface area contributed by atoms with Crippen molar-refractivity contribution in [2.75, 3.05) is 0 Å². The average Bonchev–Trinajstić information content (AvgIpc) is 3.02. The zero-order valence-corrected chi connectivity index (χ0v) is 11.3. The SMILES string of the molecule is N#C[C@]1(c2ccccc2)C=C[C@@H](C(=O)c2ccccc2)O1. The number of nitrogens with zero attached hydrogens (tertiary/aromatic N) is 1. The number of Topliss-reactive ketones (excluding diaryl/α,β-unsaturated/α-hetero) is 1. The number of carbonyl (C=O) groups excluding carboxylic acids is 1. The van der Waals surface area contributed by atoms with Gasteiger partial charge in [0.15, 0.2) is 11.4 Å². The summed E-state index contributed by atoms with van der Waals surface area (Å²) in [5, 5.41) is 9.50. The molecule has 3 rings (SSSR count). The fraction of sp³-hybridized carbons (Fsp3) is 0.111. The van der Waals surface area contributed by atoms with Gasteiger partial charge in [0.2, 0.25) is 0 Å².